The number of nitrogens with one attached hydrogen (secondary N) is 2. The number of nitriles is 1. The van der Waals surface area contributed by atoms with Crippen molar-refractivity contribution in [2.45, 2.75) is 45.1 Å². The van der Waals surface area contributed by atoms with Gasteiger partial charge in [0.1, 0.15) is 0 Å². The van der Waals surface area contributed by atoms with Crippen molar-refractivity contribution in [3.05, 3.63) is 35.0 Å². The molecule has 0 amide bonds. The second-order valence-corrected chi connectivity index (χ2v) is 5.64. The Kier molecular flexibility index (Phi) is 3.75. The SMILES string of the molecule is CCc1c(CC[C@@H]2CCCN2)[nH]c2cc(C#N)ccc12. The van der Waals surface area contributed by atoms with Gasteiger partial charge in [0.15, 0.2) is 0 Å². The van der Waals surface area contributed by atoms with E-state index in [0.29, 0.717) is 6.04 Å². The van der Waals surface area contributed by atoms with Gasteiger partial charge in [-0.1, -0.05) is 13.0 Å². The molecular weight excluding hydrogens is 246 g/mol. The van der Waals surface area contributed by atoms with E-state index in [1.165, 1.54) is 42.5 Å². The van der Waals surface area contributed by atoms with Gasteiger partial charge in [0.05, 0.1) is 11.6 Å². The molecule has 3 heteroatoms. The minimum absolute atomic E-state index is 0.681. The van der Waals surface area contributed by atoms with Crippen LogP contribution < -0.4 is 5.32 Å². The topological polar surface area (TPSA) is 51.6 Å². The van der Waals surface area contributed by atoms with E-state index in [9.17, 15) is 0 Å². The second-order valence-electron chi connectivity index (χ2n) is 5.64. The van der Waals surface area contributed by atoms with E-state index in [-0.39, 0.29) is 0 Å². The molecule has 0 radical (unpaired) electrons. The van der Waals surface area contributed by atoms with Gasteiger partial charge >= 0.3 is 0 Å². The molecule has 1 fully saturated rings. The van der Waals surface area contributed by atoms with Crippen LogP contribution in [0.1, 0.15) is 43.0 Å². The van der Waals surface area contributed by atoms with E-state index < -0.39 is 0 Å². The predicted octanol–water partition coefficient (Wildman–Crippen LogP) is 3.29. The van der Waals surface area contributed by atoms with Gasteiger partial charge in [-0.05, 0) is 56.3 Å². The van der Waals surface area contributed by atoms with E-state index in [4.69, 9.17) is 5.26 Å². The van der Waals surface area contributed by atoms with Crippen molar-refractivity contribution in [1.29, 1.82) is 5.26 Å². The molecule has 0 unspecified atom stereocenters. The van der Waals surface area contributed by atoms with Crippen molar-refractivity contribution in [3.8, 4) is 6.07 Å². The Hall–Kier alpha value is -1.79. The van der Waals surface area contributed by atoms with Crippen molar-refractivity contribution in [3.63, 3.8) is 0 Å². The Balaban J connectivity index is 1.87. The predicted molar refractivity (Wildman–Crippen MR) is 81.7 cm³/mol. The van der Waals surface area contributed by atoms with E-state index in [2.05, 4.69) is 29.4 Å². The third-order valence-electron chi connectivity index (χ3n) is 4.38. The largest absolute Gasteiger partial charge is 0.358 e. The summed E-state index contributed by atoms with van der Waals surface area (Å²) in [6, 6.07) is 8.86. The first-order valence-electron chi connectivity index (χ1n) is 7.58. The zero-order valence-corrected chi connectivity index (χ0v) is 12.0. The number of aryl methyl sites for hydroxylation is 2. The molecule has 3 nitrogen and oxygen atoms in total. The fraction of sp³-hybridized carbons (Fsp3) is 0.471. The summed E-state index contributed by atoms with van der Waals surface area (Å²) in [6.45, 7) is 3.38. The average Bonchev–Trinajstić information content (AvgIpc) is 3.10. The number of aromatic amines is 1. The number of rotatable bonds is 4. The fourth-order valence-electron chi connectivity index (χ4n) is 3.32. The van der Waals surface area contributed by atoms with Crippen LogP contribution in [0.3, 0.4) is 0 Å². The molecule has 0 aliphatic carbocycles. The van der Waals surface area contributed by atoms with Crippen molar-refractivity contribution in [2.75, 3.05) is 6.54 Å². The summed E-state index contributed by atoms with van der Waals surface area (Å²) in [5.41, 5.74) is 4.61. The lowest BCUT2D eigenvalue weighted by Gasteiger charge is -2.09. The summed E-state index contributed by atoms with van der Waals surface area (Å²) < 4.78 is 0. The smallest absolute Gasteiger partial charge is 0.0992 e. The lowest BCUT2D eigenvalue weighted by molar-refractivity contribution is 0.555. The molecule has 2 N–H and O–H groups in total. The van der Waals surface area contributed by atoms with E-state index in [0.717, 1.165) is 23.9 Å². The molecule has 0 spiro atoms. The number of fused-ring (bicyclic) bond motifs is 1. The van der Waals surface area contributed by atoms with Gasteiger partial charge in [0, 0.05) is 22.6 Å². The van der Waals surface area contributed by atoms with Gasteiger partial charge in [0.25, 0.3) is 0 Å². The molecule has 1 aromatic carbocycles. The van der Waals surface area contributed by atoms with Crippen molar-refractivity contribution in [1.82, 2.24) is 10.3 Å². The van der Waals surface area contributed by atoms with Crippen LogP contribution in [0, 0.1) is 11.3 Å². The Bertz CT molecular complexity index is 642. The first-order valence-corrected chi connectivity index (χ1v) is 7.58. The van der Waals surface area contributed by atoms with Crippen LogP contribution in [-0.2, 0) is 12.8 Å². The van der Waals surface area contributed by atoms with Gasteiger partial charge < -0.3 is 10.3 Å². The molecule has 1 aromatic heterocycles. The molecule has 1 atom stereocenters. The van der Waals surface area contributed by atoms with Crippen LogP contribution in [0.15, 0.2) is 18.2 Å². The van der Waals surface area contributed by atoms with Crippen LogP contribution in [0.4, 0.5) is 0 Å². The van der Waals surface area contributed by atoms with Gasteiger partial charge in [-0.15, -0.1) is 0 Å². The standard InChI is InChI=1S/C17H21N3/c1-2-14-15-7-5-12(11-18)10-17(15)20-16(14)8-6-13-4-3-9-19-13/h5,7,10,13,19-20H,2-4,6,8-9H2,1H3/t13-/m0/s1. The third kappa shape index (κ3) is 2.44. The number of benzene rings is 1. The zero-order chi connectivity index (χ0) is 13.9. The van der Waals surface area contributed by atoms with E-state index in [1.807, 2.05) is 12.1 Å². The van der Waals surface area contributed by atoms with Crippen LogP contribution in [0.5, 0.6) is 0 Å². The lowest BCUT2D eigenvalue weighted by atomic mass is 10.0. The number of aromatic nitrogens is 1. The summed E-state index contributed by atoms with van der Waals surface area (Å²) in [6.07, 6.45) is 5.95. The Morgan fingerprint density at radius 1 is 1.40 bits per heavy atom. The second kappa shape index (κ2) is 5.68. The van der Waals surface area contributed by atoms with E-state index in [1.54, 1.807) is 0 Å². The highest BCUT2D eigenvalue weighted by atomic mass is 14.9. The summed E-state index contributed by atoms with van der Waals surface area (Å²) in [5, 5.41) is 13.8. The van der Waals surface area contributed by atoms with Gasteiger partial charge in [-0.25, -0.2) is 0 Å². The summed E-state index contributed by atoms with van der Waals surface area (Å²) >= 11 is 0. The molecule has 2 heterocycles. The number of hydrogen-bond acceptors (Lipinski definition) is 2. The molecule has 0 saturated carbocycles. The average molecular weight is 267 g/mol. The van der Waals surface area contributed by atoms with Gasteiger partial charge in [0.2, 0.25) is 0 Å². The maximum absolute atomic E-state index is 9.01. The molecule has 3 rings (SSSR count). The highest BCUT2D eigenvalue weighted by Gasteiger charge is 2.16. The first kappa shape index (κ1) is 13.2. The Labute approximate surface area is 120 Å². The molecule has 1 aliphatic heterocycles. The van der Waals surface area contributed by atoms with Crippen LogP contribution in [0.25, 0.3) is 10.9 Å². The van der Waals surface area contributed by atoms with Gasteiger partial charge in [-0.2, -0.15) is 5.26 Å². The highest BCUT2D eigenvalue weighted by molar-refractivity contribution is 5.85. The number of nitrogens with zero attached hydrogens (tertiary/aromatic N) is 1. The molecular formula is C17H21N3. The first-order chi connectivity index (χ1) is 9.81. The maximum atomic E-state index is 9.01. The maximum Gasteiger partial charge on any atom is 0.0992 e. The fourth-order valence-corrected chi connectivity index (χ4v) is 3.32. The van der Waals surface area contributed by atoms with E-state index >= 15 is 0 Å². The number of H-pyrrole nitrogens is 1. The Morgan fingerprint density at radius 3 is 3.00 bits per heavy atom. The number of hydrogen-bond donors (Lipinski definition) is 2. The summed E-state index contributed by atoms with van der Waals surface area (Å²) in [5.74, 6) is 0. The molecule has 1 aliphatic rings. The third-order valence-corrected chi connectivity index (χ3v) is 4.38. The molecule has 20 heavy (non-hydrogen) atoms. The molecule has 0 bridgehead atoms. The molecule has 2 aromatic rings. The monoisotopic (exact) mass is 267 g/mol. The Morgan fingerprint density at radius 2 is 2.30 bits per heavy atom. The van der Waals surface area contributed by atoms with Crippen LogP contribution in [0.2, 0.25) is 0 Å². The molecule has 1 saturated heterocycles. The summed E-state index contributed by atoms with van der Waals surface area (Å²) in [7, 11) is 0. The van der Waals surface area contributed by atoms with Crippen molar-refractivity contribution >= 4 is 10.9 Å². The van der Waals surface area contributed by atoms with Crippen molar-refractivity contribution < 1.29 is 0 Å². The van der Waals surface area contributed by atoms with Gasteiger partial charge in [-0.3, -0.25) is 0 Å². The van der Waals surface area contributed by atoms with Crippen LogP contribution in [-0.4, -0.2) is 17.6 Å². The minimum atomic E-state index is 0.681. The normalized spacial score (nSPS) is 18.5. The lowest BCUT2D eigenvalue weighted by Crippen LogP contribution is -2.21. The van der Waals surface area contributed by atoms with Crippen LogP contribution >= 0.6 is 0 Å². The summed E-state index contributed by atoms with van der Waals surface area (Å²) in [4.78, 5) is 3.53. The highest BCUT2D eigenvalue weighted by Crippen LogP contribution is 2.26. The zero-order valence-electron chi connectivity index (χ0n) is 12.0. The minimum Gasteiger partial charge on any atom is -0.358 e. The quantitative estimate of drug-likeness (QED) is 0.893. The molecule has 104 valence electrons. The van der Waals surface area contributed by atoms with Crippen molar-refractivity contribution in [2.24, 2.45) is 0 Å².